The molecule has 0 aliphatic carbocycles. The van der Waals surface area contributed by atoms with Gasteiger partial charge in [0.05, 0.1) is 38.9 Å². The predicted molar refractivity (Wildman–Crippen MR) is 207 cm³/mol. The van der Waals surface area contributed by atoms with Crippen molar-refractivity contribution in [3.8, 4) is 11.5 Å². The maximum Gasteiger partial charge on any atom is 0.264 e. The Kier molecular flexibility index (Phi) is 10.8. The Morgan fingerprint density at radius 3 is 1.37 bits per heavy atom. The highest BCUT2D eigenvalue weighted by Crippen LogP contribution is 2.26. The van der Waals surface area contributed by atoms with Gasteiger partial charge >= 0.3 is 0 Å². The van der Waals surface area contributed by atoms with Crippen LogP contribution in [0.2, 0.25) is 0 Å². The highest BCUT2D eigenvalue weighted by Gasteiger charge is 2.14. The van der Waals surface area contributed by atoms with Crippen molar-refractivity contribution in [1.82, 2.24) is 19.9 Å². The molecule has 4 aromatic heterocycles. The van der Waals surface area contributed by atoms with Gasteiger partial charge in [0.15, 0.2) is 0 Å². The fourth-order valence-electron chi connectivity index (χ4n) is 6.22. The number of rotatable bonds is 14. The standard InChI is InChI=1S/C40H40N4O8S2/c1-53(45,46)51-21-5-19-49-33-9-3-7-27(23-33)39-35-15-11-29(41-35)25-31-13-17-37(43-31)40(38-18-14-32(44-38)26-30-12-16-36(39)42-30)28-8-4-10-34(24-28)50-20-6-22-52-54(2,47)48/h3-4,7-18,23-26,41-44H,5-6,19-22H2,1-2H3. The van der Waals surface area contributed by atoms with Gasteiger partial charge in [-0.3, -0.25) is 8.37 Å². The van der Waals surface area contributed by atoms with E-state index in [1.165, 1.54) is 0 Å². The minimum absolute atomic E-state index is 0.0554. The van der Waals surface area contributed by atoms with Crippen molar-refractivity contribution in [3.63, 3.8) is 0 Å². The molecule has 1 aliphatic heterocycles. The summed E-state index contributed by atoms with van der Waals surface area (Å²) in [5.74, 6) is 1.31. The summed E-state index contributed by atoms with van der Waals surface area (Å²) in [6.07, 6.45) is 7.02. The van der Waals surface area contributed by atoms with E-state index in [1.807, 2.05) is 72.8 Å². The van der Waals surface area contributed by atoms with Crippen LogP contribution in [0.3, 0.4) is 0 Å². The van der Waals surface area contributed by atoms with Crippen LogP contribution in [0.15, 0.2) is 97.1 Å². The molecule has 280 valence electrons. The molecule has 1 aliphatic rings. The fourth-order valence-corrected chi connectivity index (χ4v) is 7.06. The van der Waals surface area contributed by atoms with E-state index < -0.39 is 20.2 Å². The number of fused-ring (bicyclic) bond motifs is 8. The van der Waals surface area contributed by atoms with Gasteiger partial charge in [-0.1, -0.05) is 24.3 Å². The molecule has 0 atom stereocenters. The van der Waals surface area contributed by atoms with Crippen LogP contribution in [0.25, 0.3) is 23.3 Å². The lowest BCUT2D eigenvalue weighted by Crippen LogP contribution is -2.16. The number of benzene rings is 2. The SMILES string of the molecule is CS(=O)(=O)OCCCOc1cccc(C2=c3ccc([nH]3)=Cc3ccc([nH]3)C(c3cccc(OCCCOS(C)(=O)=O)c3)=c3ccc([nH]3)=Cc3ccc2[nH]3)c1. The number of ether oxygens (including phenoxy) is 2. The summed E-state index contributed by atoms with van der Waals surface area (Å²) in [6, 6.07) is 32.0. The minimum atomic E-state index is -3.50. The molecule has 14 heteroatoms. The third-order valence-electron chi connectivity index (χ3n) is 8.49. The third kappa shape index (κ3) is 9.51. The smallest absolute Gasteiger partial charge is 0.264 e. The first kappa shape index (κ1) is 36.8. The molecule has 0 amide bonds. The minimum Gasteiger partial charge on any atom is -0.493 e. The zero-order valence-corrected chi connectivity index (χ0v) is 31.4. The molecule has 7 rings (SSSR count). The second-order valence-electron chi connectivity index (χ2n) is 12.9. The van der Waals surface area contributed by atoms with Gasteiger partial charge in [-0.15, -0.1) is 0 Å². The van der Waals surface area contributed by atoms with Crippen molar-refractivity contribution in [2.75, 3.05) is 38.9 Å². The Hall–Kier alpha value is -5.54. The fraction of sp³-hybridized carbons (Fsp3) is 0.200. The second kappa shape index (κ2) is 15.8. The van der Waals surface area contributed by atoms with Crippen molar-refractivity contribution in [2.45, 2.75) is 12.8 Å². The number of hydrogen-bond acceptors (Lipinski definition) is 8. The van der Waals surface area contributed by atoms with Crippen LogP contribution < -0.4 is 30.9 Å². The van der Waals surface area contributed by atoms with E-state index in [9.17, 15) is 16.8 Å². The molecule has 4 N–H and O–H groups in total. The van der Waals surface area contributed by atoms with Gasteiger partial charge in [-0.25, -0.2) is 0 Å². The van der Waals surface area contributed by atoms with Crippen LogP contribution >= 0.6 is 0 Å². The van der Waals surface area contributed by atoms with Crippen LogP contribution in [0, 0.1) is 0 Å². The summed E-state index contributed by atoms with van der Waals surface area (Å²) in [6.45, 7) is 0.716. The molecule has 0 radical (unpaired) electrons. The molecule has 6 aromatic rings. The predicted octanol–water partition coefficient (Wildman–Crippen LogP) is 2.95. The summed E-state index contributed by atoms with van der Waals surface area (Å²) >= 11 is 0. The van der Waals surface area contributed by atoms with Crippen LogP contribution in [0.5, 0.6) is 11.5 Å². The Labute approximate surface area is 312 Å². The molecule has 0 unspecified atom stereocenters. The van der Waals surface area contributed by atoms with Gasteiger partial charge < -0.3 is 29.4 Å². The molecule has 0 saturated heterocycles. The summed E-state index contributed by atoms with van der Waals surface area (Å²) in [5.41, 5.74) is 7.37. The maximum atomic E-state index is 11.3. The molecular formula is C40H40N4O8S2. The van der Waals surface area contributed by atoms with E-state index in [-0.39, 0.29) is 13.2 Å². The molecule has 0 fully saturated rings. The summed E-state index contributed by atoms with van der Waals surface area (Å²) < 4.78 is 66.8. The van der Waals surface area contributed by atoms with Gasteiger partial charge in [-0.2, -0.15) is 16.8 Å². The Morgan fingerprint density at radius 2 is 0.944 bits per heavy atom. The topological polar surface area (TPSA) is 168 Å². The Bertz CT molecular complexity index is 2570. The van der Waals surface area contributed by atoms with Gasteiger partial charge in [0, 0.05) is 68.2 Å². The van der Waals surface area contributed by atoms with Crippen LogP contribution in [-0.4, -0.2) is 75.7 Å². The first-order valence-electron chi connectivity index (χ1n) is 17.3. The molecule has 0 spiro atoms. The average molecular weight is 769 g/mol. The first-order valence-corrected chi connectivity index (χ1v) is 21.0. The van der Waals surface area contributed by atoms with Crippen molar-refractivity contribution in [2.24, 2.45) is 0 Å². The van der Waals surface area contributed by atoms with Crippen LogP contribution in [-0.2, 0) is 28.6 Å². The highest BCUT2D eigenvalue weighted by molar-refractivity contribution is 7.86. The first-order chi connectivity index (χ1) is 26.0. The zero-order chi connectivity index (χ0) is 37.7. The van der Waals surface area contributed by atoms with E-state index in [4.69, 9.17) is 17.8 Å². The summed E-state index contributed by atoms with van der Waals surface area (Å²) in [4.78, 5) is 14.4. The van der Waals surface area contributed by atoms with E-state index in [0.29, 0.717) is 37.6 Å². The lowest BCUT2D eigenvalue weighted by molar-refractivity contribution is 0.251. The van der Waals surface area contributed by atoms with E-state index in [0.717, 1.165) is 79.0 Å². The second-order valence-corrected chi connectivity index (χ2v) is 16.1. The number of hydrogen-bond donors (Lipinski definition) is 4. The number of nitrogens with one attached hydrogen (secondary N) is 4. The largest absolute Gasteiger partial charge is 0.493 e. The number of aromatic nitrogens is 4. The third-order valence-corrected chi connectivity index (χ3v) is 9.68. The maximum absolute atomic E-state index is 11.3. The van der Waals surface area contributed by atoms with Crippen molar-refractivity contribution in [3.05, 3.63) is 152 Å². The number of H-pyrrole nitrogens is 4. The van der Waals surface area contributed by atoms with Gasteiger partial charge in [0.25, 0.3) is 20.2 Å². The van der Waals surface area contributed by atoms with Crippen LogP contribution in [0.4, 0.5) is 0 Å². The quantitative estimate of drug-likeness (QED) is 0.0968. The molecule has 54 heavy (non-hydrogen) atoms. The molecule has 8 bridgehead atoms. The zero-order valence-electron chi connectivity index (χ0n) is 29.7. The lowest BCUT2D eigenvalue weighted by Gasteiger charge is -2.10. The summed E-state index contributed by atoms with van der Waals surface area (Å²) in [5, 5.41) is 3.61. The lowest BCUT2D eigenvalue weighted by atomic mass is 10.0. The van der Waals surface area contributed by atoms with Crippen molar-refractivity contribution < 1.29 is 34.7 Å². The number of aromatic amines is 4. The van der Waals surface area contributed by atoms with Crippen molar-refractivity contribution in [1.29, 1.82) is 0 Å². The molecule has 12 nitrogen and oxygen atoms in total. The van der Waals surface area contributed by atoms with Gasteiger partial charge in [0.2, 0.25) is 0 Å². The van der Waals surface area contributed by atoms with E-state index in [1.54, 1.807) is 0 Å². The monoisotopic (exact) mass is 768 g/mol. The van der Waals surface area contributed by atoms with Gasteiger partial charge in [-0.05, 0) is 96.1 Å². The Balaban J connectivity index is 1.24. The molecule has 5 heterocycles. The normalized spacial score (nSPS) is 13.0. The average Bonchev–Trinajstić information content (AvgIpc) is 3.95. The Morgan fingerprint density at radius 1 is 0.500 bits per heavy atom. The molecule has 2 aromatic carbocycles. The van der Waals surface area contributed by atoms with Crippen molar-refractivity contribution >= 4 is 43.5 Å². The molecular weight excluding hydrogens is 729 g/mol. The van der Waals surface area contributed by atoms with E-state index >= 15 is 0 Å². The highest BCUT2D eigenvalue weighted by atomic mass is 32.2. The molecule has 0 saturated carbocycles. The summed E-state index contributed by atoms with van der Waals surface area (Å²) in [7, 11) is -6.99. The van der Waals surface area contributed by atoms with E-state index in [2.05, 4.69) is 56.4 Å². The van der Waals surface area contributed by atoms with Gasteiger partial charge in [0.1, 0.15) is 11.5 Å². The van der Waals surface area contributed by atoms with Crippen LogP contribution in [0.1, 0.15) is 46.7 Å².